The van der Waals surface area contributed by atoms with E-state index in [1.165, 1.54) is 0 Å². The van der Waals surface area contributed by atoms with Gasteiger partial charge in [-0.3, -0.25) is 9.69 Å². The van der Waals surface area contributed by atoms with Crippen molar-refractivity contribution < 1.29 is 18.7 Å². The van der Waals surface area contributed by atoms with E-state index in [1.807, 2.05) is 6.92 Å². The number of nitrogens with one attached hydrogen (secondary N) is 1. The van der Waals surface area contributed by atoms with Crippen LogP contribution in [0.4, 0.5) is 14.5 Å². The highest BCUT2D eigenvalue weighted by Crippen LogP contribution is 2.31. The smallest absolute Gasteiger partial charge is 0.288 e. The van der Waals surface area contributed by atoms with Gasteiger partial charge in [-0.1, -0.05) is 30.8 Å². The van der Waals surface area contributed by atoms with Crippen LogP contribution in [0.15, 0.2) is 29.2 Å². The summed E-state index contributed by atoms with van der Waals surface area (Å²) >= 11 is 0.400. The molecule has 4 nitrogen and oxygen atoms in total. The molecule has 0 unspecified atom stereocenters. The third-order valence-electron chi connectivity index (χ3n) is 2.80. The van der Waals surface area contributed by atoms with Crippen molar-refractivity contribution in [2.45, 2.75) is 37.0 Å². The normalized spacial score (nSPS) is 12.0. The van der Waals surface area contributed by atoms with Crippen molar-refractivity contribution in [1.29, 1.82) is 0 Å². The molecular formula is C15H22F2N2O2S. The maximum atomic E-state index is 12.5. The van der Waals surface area contributed by atoms with Crippen molar-refractivity contribution in [3.8, 4) is 0 Å². The molecule has 1 aromatic carbocycles. The average molecular weight is 332 g/mol. The minimum atomic E-state index is -2.54. The molecule has 0 radical (unpaired) electrons. The number of aliphatic hydroxyl groups is 1. The molecule has 1 rings (SSSR count). The fourth-order valence-corrected chi connectivity index (χ4v) is 2.58. The van der Waals surface area contributed by atoms with Crippen molar-refractivity contribution in [2.24, 2.45) is 0 Å². The summed E-state index contributed by atoms with van der Waals surface area (Å²) in [6.07, 6.45) is 0. The maximum absolute atomic E-state index is 12.5. The molecule has 0 saturated carbocycles. The number of rotatable bonds is 8. The van der Waals surface area contributed by atoms with Gasteiger partial charge < -0.3 is 10.4 Å². The van der Waals surface area contributed by atoms with Gasteiger partial charge in [-0.05, 0) is 32.5 Å². The molecule has 0 aliphatic rings. The number of hydrogen-bond donors (Lipinski definition) is 2. The number of halogens is 2. The van der Waals surface area contributed by atoms with Crippen molar-refractivity contribution in [1.82, 2.24) is 4.90 Å². The van der Waals surface area contributed by atoms with Crippen molar-refractivity contribution in [3.63, 3.8) is 0 Å². The Morgan fingerprint density at radius 3 is 2.59 bits per heavy atom. The van der Waals surface area contributed by atoms with Crippen LogP contribution in [0.3, 0.4) is 0 Å². The summed E-state index contributed by atoms with van der Waals surface area (Å²) in [4.78, 5) is 14.2. The van der Waals surface area contributed by atoms with E-state index in [4.69, 9.17) is 0 Å². The molecule has 0 aliphatic carbocycles. The molecule has 22 heavy (non-hydrogen) atoms. The molecule has 0 bridgehead atoms. The topological polar surface area (TPSA) is 52.6 Å². The zero-order valence-electron chi connectivity index (χ0n) is 13.0. The van der Waals surface area contributed by atoms with Crippen molar-refractivity contribution in [3.05, 3.63) is 24.3 Å². The number of benzene rings is 1. The molecule has 0 saturated heterocycles. The first-order valence-corrected chi connectivity index (χ1v) is 7.87. The Kier molecular flexibility index (Phi) is 7.25. The molecule has 0 fully saturated rings. The standard InChI is InChI=1S/C15H22F2N2O2S/c1-4-19(10-15(2,3)21)9-13(20)18-11-7-5-6-8-12(11)22-14(16)17/h5-8,14,21H,4,9-10H2,1-3H3,(H,18,20). The van der Waals surface area contributed by atoms with Crippen LogP contribution in [-0.2, 0) is 4.79 Å². The lowest BCUT2D eigenvalue weighted by Gasteiger charge is -2.27. The van der Waals surface area contributed by atoms with Crippen LogP contribution in [0.2, 0.25) is 0 Å². The molecule has 0 atom stereocenters. The van der Waals surface area contributed by atoms with Crippen LogP contribution >= 0.6 is 11.8 Å². The summed E-state index contributed by atoms with van der Waals surface area (Å²) in [6, 6.07) is 6.46. The van der Waals surface area contributed by atoms with Gasteiger partial charge in [0.15, 0.2) is 0 Å². The minimum absolute atomic E-state index is 0.0914. The van der Waals surface area contributed by atoms with Crippen LogP contribution in [0.5, 0.6) is 0 Å². The monoisotopic (exact) mass is 332 g/mol. The Hall–Kier alpha value is -1.18. The van der Waals surface area contributed by atoms with Gasteiger partial charge in [0.2, 0.25) is 5.91 Å². The number of carbonyl (C=O) groups excluding carboxylic acids is 1. The SMILES string of the molecule is CCN(CC(=O)Nc1ccccc1SC(F)F)CC(C)(C)O. The quantitative estimate of drug-likeness (QED) is 0.719. The molecule has 0 heterocycles. The second-order valence-corrected chi connectivity index (χ2v) is 6.57. The van der Waals surface area contributed by atoms with E-state index in [-0.39, 0.29) is 12.5 Å². The largest absolute Gasteiger partial charge is 0.389 e. The van der Waals surface area contributed by atoms with E-state index in [2.05, 4.69) is 5.32 Å². The Morgan fingerprint density at radius 1 is 1.41 bits per heavy atom. The molecule has 7 heteroatoms. The number of anilines is 1. The predicted octanol–water partition coefficient (Wildman–Crippen LogP) is 3.03. The van der Waals surface area contributed by atoms with Crippen LogP contribution < -0.4 is 5.32 Å². The Bertz CT molecular complexity index is 493. The van der Waals surface area contributed by atoms with E-state index < -0.39 is 11.4 Å². The number of nitrogens with zero attached hydrogens (tertiary/aromatic N) is 1. The molecule has 124 valence electrons. The van der Waals surface area contributed by atoms with Gasteiger partial charge in [-0.25, -0.2) is 0 Å². The highest BCUT2D eigenvalue weighted by atomic mass is 32.2. The van der Waals surface area contributed by atoms with E-state index in [0.717, 1.165) is 0 Å². The molecule has 0 aromatic heterocycles. The summed E-state index contributed by atoms with van der Waals surface area (Å²) in [6.45, 7) is 6.27. The zero-order chi connectivity index (χ0) is 16.8. The number of para-hydroxylation sites is 1. The Balaban J connectivity index is 2.68. The lowest BCUT2D eigenvalue weighted by Crippen LogP contribution is -2.42. The van der Waals surface area contributed by atoms with Crippen LogP contribution in [0, 0.1) is 0 Å². The highest BCUT2D eigenvalue weighted by Gasteiger charge is 2.19. The van der Waals surface area contributed by atoms with Crippen LogP contribution in [0.25, 0.3) is 0 Å². The summed E-state index contributed by atoms with van der Waals surface area (Å²) in [5.41, 5.74) is -0.531. The van der Waals surface area contributed by atoms with E-state index in [9.17, 15) is 18.7 Å². The Labute approximate surface area is 133 Å². The number of alkyl halides is 2. The summed E-state index contributed by atoms with van der Waals surface area (Å²) in [5.74, 6) is -2.84. The second-order valence-electron chi connectivity index (χ2n) is 5.54. The number of hydrogen-bond acceptors (Lipinski definition) is 4. The first-order valence-electron chi connectivity index (χ1n) is 6.99. The molecule has 1 amide bonds. The summed E-state index contributed by atoms with van der Waals surface area (Å²) in [7, 11) is 0. The van der Waals surface area contributed by atoms with Gasteiger partial charge in [0.1, 0.15) is 0 Å². The summed E-state index contributed by atoms with van der Waals surface area (Å²) < 4.78 is 25.0. The van der Waals surface area contributed by atoms with Crippen molar-refractivity contribution in [2.75, 3.05) is 25.0 Å². The lowest BCUT2D eigenvalue weighted by atomic mass is 10.1. The molecule has 0 spiro atoms. The minimum Gasteiger partial charge on any atom is -0.389 e. The maximum Gasteiger partial charge on any atom is 0.288 e. The molecule has 1 aromatic rings. The third-order valence-corrected chi connectivity index (χ3v) is 3.59. The fourth-order valence-electron chi connectivity index (χ4n) is 1.99. The first-order chi connectivity index (χ1) is 10.2. The van der Waals surface area contributed by atoms with Gasteiger partial charge in [0, 0.05) is 11.4 Å². The molecule has 0 aliphatic heterocycles. The second kappa shape index (κ2) is 8.45. The van der Waals surface area contributed by atoms with Gasteiger partial charge in [-0.15, -0.1) is 0 Å². The van der Waals surface area contributed by atoms with Gasteiger partial charge in [0.05, 0.1) is 17.8 Å². The van der Waals surface area contributed by atoms with E-state index >= 15 is 0 Å². The average Bonchev–Trinajstić information content (AvgIpc) is 2.38. The number of amides is 1. The van der Waals surface area contributed by atoms with Gasteiger partial charge in [0.25, 0.3) is 5.76 Å². The highest BCUT2D eigenvalue weighted by molar-refractivity contribution is 7.99. The van der Waals surface area contributed by atoms with Crippen LogP contribution in [0.1, 0.15) is 20.8 Å². The molecule has 2 N–H and O–H groups in total. The van der Waals surface area contributed by atoms with E-state index in [0.29, 0.717) is 35.4 Å². The number of likely N-dealkylation sites (N-methyl/N-ethyl adjacent to an activating group) is 1. The van der Waals surface area contributed by atoms with Crippen LogP contribution in [-0.4, -0.2) is 46.9 Å². The summed E-state index contributed by atoms with van der Waals surface area (Å²) in [5, 5.41) is 12.5. The zero-order valence-corrected chi connectivity index (χ0v) is 13.8. The predicted molar refractivity (Wildman–Crippen MR) is 85.3 cm³/mol. The third kappa shape index (κ3) is 7.20. The van der Waals surface area contributed by atoms with E-state index in [1.54, 1.807) is 43.0 Å². The van der Waals surface area contributed by atoms with Crippen molar-refractivity contribution >= 4 is 23.4 Å². The first kappa shape index (κ1) is 18.9. The molecular weight excluding hydrogens is 310 g/mol. The number of thioether (sulfide) groups is 1. The van der Waals surface area contributed by atoms with Gasteiger partial charge >= 0.3 is 0 Å². The van der Waals surface area contributed by atoms with Gasteiger partial charge in [-0.2, -0.15) is 8.78 Å². The fraction of sp³-hybridized carbons (Fsp3) is 0.533. The Morgan fingerprint density at radius 2 is 2.05 bits per heavy atom. The number of carbonyl (C=O) groups is 1. The lowest BCUT2D eigenvalue weighted by molar-refractivity contribution is -0.117.